The molecular formula is C71H126O12. The van der Waals surface area contributed by atoms with E-state index in [9.17, 15) is 34.5 Å². The number of aliphatic carboxylic acids is 1. The Labute approximate surface area is 507 Å². The SMILES string of the molecule is CC/C=C\C/C=C\C/C=C\C/C=C\CCCCCCCCC(=O)OC1C(OCC(COC(=O)CCCCCCCCCCCCCCCCCCC)OC(=O)CCCCCCCCCCCCCCCCCCC)OC(C(=O)O)C(O)C1O. The Balaban J connectivity index is 2.63. The topological polar surface area (TPSA) is 175 Å². The van der Waals surface area contributed by atoms with E-state index >= 15 is 0 Å². The number of hydrogen-bond donors (Lipinski definition) is 3. The third-order valence-electron chi connectivity index (χ3n) is 15.9. The summed E-state index contributed by atoms with van der Waals surface area (Å²) in [6.07, 6.45) is 60.6. The van der Waals surface area contributed by atoms with Gasteiger partial charge in [-0.3, -0.25) is 14.4 Å². The zero-order chi connectivity index (χ0) is 60.3. The van der Waals surface area contributed by atoms with Gasteiger partial charge in [0.2, 0.25) is 0 Å². The summed E-state index contributed by atoms with van der Waals surface area (Å²) in [6, 6.07) is 0. The van der Waals surface area contributed by atoms with Gasteiger partial charge in [0.25, 0.3) is 0 Å². The average Bonchev–Trinajstić information content (AvgIpc) is 3.55. The highest BCUT2D eigenvalue weighted by Gasteiger charge is 2.50. The molecule has 0 aromatic carbocycles. The van der Waals surface area contributed by atoms with Crippen molar-refractivity contribution in [2.24, 2.45) is 0 Å². The van der Waals surface area contributed by atoms with Crippen LogP contribution in [0.2, 0.25) is 0 Å². The molecule has 0 aliphatic carbocycles. The number of esters is 3. The summed E-state index contributed by atoms with van der Waals surface area (Å²) in [6.45, 7) is 5.95. The third-order valence-corrected chi connectivity index (χ3v) is 15.9. The lowest BCUT2D eigenvalue weighted by Gasteiger charge is -2.40. The summed E-state index contributed by atoms with van der Waals surface area (Å²) in [7, 11) is 0. The molecule has 1 heterocycles. The summed E-state index contributed by atoms with van der Waals surface area (Å²) in [5.41, 5.74) is 0. The van der Waals surface area contributed by atoms with Crippen molar-refractivity contribution in [2.45, 2.75) is 366 Å². The van der Waals surface area contributed by atoms with Crippen molar-refractivity contribution in [3.8, 4) is 0 Å². The number of hydrogen-bond acceptors (Lipinski definition) is 11. The summed E-state index contributed by atoms with van der Waals surface area (Å²) < 4.78 is 28.6. The second kappa shape index (κ2) is 59.0. The quantitative estimate of drug-likeness (QED) is 0.0228. The number of allylic oxidation sites excluding steroid dienone is 8. The molecule has 83 heavy (non-hydrogen) atoms. The maximum atomic E-state index is 13.2. The van der Waals surface area contributed by atoms with Gasteiger partial charge in [0.1, 0.15) is 18.8 Å². The molecule has 1 rings (SSSR count). The van der Waals surface area contributed by atoms with Gasteiger partial charge >= 0.3 is 23.9 Å². The Morgan fingerprint density at radius 3 is 1.16 bits per heavy atom. The molecule has 1 aliphatic rings. The normalized spacial score (nSPS) is 17.8. The van der Waals surface area contributed by atoms with Crippen LogP contribution in [0.15, 0.2) is 48.6 Å². The molecule has 482 valence electrons. The number of aliphatic hydroxyl groups is 2. The molecule has 12 nitrogen and oxygen atoms in total. The van der Waals surface area contributed by atoms with E-state index in [-0.39, 0.29) is 25.9 Å². The van der Waals surface area contributed by atoms with E-state index in [1.807, 2.05) is 0 Å². The number of rotatable bonds is 60. The molecule has 6 atom stereocenters. The molecule has 0 aromatic rings. The first-order valence-corrected chi connectivity index (χ1v) is 34.6. The van der Waals surface area contributed by atoms with E-state index in [2.05, 4.69) is 69.4 Å². The highest BCUT2D eigenvalue weighted by Crippen LogP contribution is 2.27. The molecule has 12 heteroatoms. The molecule has 0 amide bonds. The van der Waals surface area contributed by atoms with E-state index < -0.39 is 67.3 Å². The molecular weight excluding hydrogens is 1040 g/mol. The van der Waals surface area contributed by atoms with Gasteiger partial charge in [-0.2, -0.15) is 0 Å². The molecule has 0 radical (unpaired) electrons. The van der Waals surface area contributed by atoms with Gasteiger partial charge < -0.3 is 39.0 Å². The summed E-state index contributed by atoms with van der Waals surface area (Å²) >= 11 is 0. The maximum Gasteiger partial charge on any atom is 0.335 e. The van der Waals surface area contributed by atoms with Crippen molar-refractivity contribution in [1.29, 1.82) is 0 Å². The number of carbonyl (C=O) groups excluding carboxylic acids is 3. The van der Waals surface area contributed by atoms with Crippen LogP contribution in [0.4, 0.5) is 0 Å². The predicted octanol–water partition coefficient (Wildman–Crippen LogP) is 18.9. The Morgan fingerprint density at radius 2 is 0.759 bits per heavy atom. The Hall–Kier alpha value is -3.32. The van der Waals surface area contributed by atoms with Crippen LogP contribution in [0.25, 0.3) is 0 Å². The van der Waals surface area contributed by atoms with Crippen LogP contribution < -0.4 is 0 Å². The van der Waals surface area contributed by atoms with Crippen molar-refractivity contribution in [1.82, 2.24) is 0 Å². The molecule has 6 unspecified atom stereocenters. The highest BCUT2D eigenvalue weighted by atomic mass is 16.7. The summed E-state index contributed by atoms with van der Waals surface area (Å²) in [5, 5.41) is 31.7. The minimum atomic E-state index is -1.91. The number of carboxylic acids is 1. The summed E-state index contributed by atoms with van der Waals surface area (Å²) in [4.78, 5) is 51.4. The van der Waals surface area contributed by atoms with Crippen LogP contribution in [0, 0.1) is 0 Å². The average molecular weight is 1170 g/mol. The summed E-state index contributed by atoms with van der Waals surface area (Å²) in [5.74, 6) is -3.10. The number of carboxylic acid groups (broad SMARTS) is 1. The molecule has 1 aliphatic heterocycles. The zero-order valence-electron chi connectivity index (χ0n) is 53.5. The molecule has 1 saturated heterocycles. The molecule has 0 aromatic heterocycles. The van der Waals surface area contributed by atoms with Gasteiger partial charge in [-0.1, -0.05) is 301 Å². The van der Waals surface area contributed by atoms with Crippen LogP contribution in [-0.2, 0) is 42.9 Å². The first-order valence-electron chi connectivity index (χ1n) is 34.6. The van der Waals surface area contributed by atoms with Crippen molar-refractivity contribution < 1.29 is 58.2 Å². The van der Waals surface area contributed by atoms with Crippen molar-refractivity contribution in [2.75, 3.05) is 13.2 Å². The molecule has 1 fully saturated rings. The van der Waals surface area contributed by atoms with E-state index in [0.29, 0.717) is 19.3 Å². The Kier molecular flexibility index (Phi) is 55.3. The van der Waals surface area contributed by atoms with Gasteiger partial charge in [0, 0.05) is 19.3 Å². The molecule has 0 bridgehead atoms. The van der Waals surface area contributed by atoms with E-state index in [1.165, 1.54) is 167 Å². The standard InChI is InChI=1S/C71H126O12/c1-4-7-10-13-16-19-22-25-28-31-32-35-38-41-44-47-50-53-56-59-65(74)82-69-67(76)66(75)68(70(77)78)83-71(69)80-61-62(81-64(73)58-55-52-49-46-43-40-37-34-30-27-24-21-18-15-12-9-6-3)60-79-63(72)57-54-51-48-45-42-39-36-33-29-26-23-20-17-14-11-8-5-2/h7,10,16,19,25,28,32,35,62,66-69,71,75-76H,4-6,8-9,11-15,17-18,20-24,26-27,29-31,33-34,36-61H2,1-3H3,(H,77,78)/b10-7-,19-16-,28-25-,35-32-. The van der Waals surface area contributed by atoms with Crippen LogP contribution in [0.5, 0.6) is 0 Å². The fourth-order valence-electron chi connectivity index (χ4n) is 10.7. The van der Waals surface area contributed by atoms with Gasteiger partial charge in [0.15, 0.2) is 24.6 Å². The molecule has 0 saturated carbocycles. The third kappa shape index (κ3) is 48.5. The second-order valence-corrected chi connectivity index (χ2v) is 23.8. The first kappa shape index (κ1) is 77.7. The van der Waals surface area contributed by atoms with Crippen LogP contribution >= 0.6 is 0 Å². The molecule has 0 spiro atoms. The maximum absolute atomic E-state index is 13.2. The number of unbranched alkanes of at least 4 members (excludes halogenated alkanes) is 38. The van der Waals surface area contributed by atoms with Crippen molar-refractivity contribution >= 4 is 23.9 Å². The number of ether oxygens (including phenoxy) is 5. The smallest absolute Gasteiger partial charge is 0.335 e. The van der Waals surface area contributed by atoms with Gasteiger partial charge in [-0.25, -0.2) is 4.79 Å². The fraction of sp³-hybridized carbons (Fsp3) is 0.831. The largest absolute Gasteiger partial charge is 0.479 e. The van der Waals surface area contributed by atoms with E-state index in [4.69, 9.17) is 23.7 Å². The lowest BCUT2D eigenvalue weighted by molar-refractivity contribution is -0.301. The predicted molar refractivity (Wildman–Crippen MR) is 340 cm³/mol. The van der Waals surface area contributed by atoms with Crippen molar-refractivity contribution in [3.05, 3.63) is 48.6 Å². The van der Waals surface area contributed by atoms with E-state index in [1.54, 1.807) is 0 Å². The minimum absolute atomic E-state index is 0.0470. The van der Waals surface area contributed by atoms with Crippen molar-refractivity contribution in [3.63, 3.8) is 0 Å². The first-order chi connectivity index (χ1) is 40.6. The fourth-order valence-corrected chi connectivity index (χ4v) is 10.7. The van der Waals surface area contributed by atoms with Crippen LogP contribution in [-0.4, -0.2) is 89.2 Å². The Morgan fingerprint density at radius 1 is 0.410 bits per heavy atom. The molecule has 3 N–H and O–H groups in total. The highest BCUT2D eigenvalue weighted by molar-refractivity contribution is 5.74. The van der Waals surface area contributed by atoms with Gasteiger partial charge in [0.05, 0.1) is 6.61 Å². The number of aliphatic hydroxyl groups excluding tert-OH is 2. The lowest BCUT2D eigenvalue weighted by Crippen LogP contribution is -2.61. The number of carbonyl (C=O) groups is 4. The minimum Gasteiger partial charge on any atom is -0.479 e. The zero-order valence-corrected chi connectivity index (χ0v) is 53.5. The van der Waals surface area contributed by atoms with Gasteiger partial charge in [-0.05, 0) is 57.8 Å². The van der Waals surface area contributed by atoms with Gasteiger partial charge in [-0.15, -0.1) is 0 Å². The lowest BCUT2D eigenvalue weighted by atomic mass is 9.98. The Bertz CT molecular complexity index is 1630. The van der Waals surface area contributed by atoms with E-state index in [0.717, 1.165) is 103 Å². The second-order valence-electron chi connectivity index (χ2n) is 23.8. The van der Waals surface area contributed by atoms with Crippen LogP contribution in [0.3, 0.4) is 0 Å². The monoisotopic (exact) mass is 1170 g/mol. The van der Waals surface area contributed by atoms with Crippen LogP contribution in [0.1, 0.15) is 329 Å².